The quantitative estimate of drug-likeness (QED) is 0.895. The second-order valence-corrected chi connectivity index (χ2v) is 5.66. The van der Waals surface area contributed by atoms with Crippen LogP contribution in [-0.2, 0) is 24.1 Å². The van der Waals surface area contributed by atoms with Crippen LogP contribution in [-0.4, -0.2) is 12.5 Å². The molecule has 3 rings (SSSR count). The molecule has 0 radical (unpaired) electrons. The summed E-state index contributed by atoms with van der Waals surface area (Å²) in [6.45, 7) is 0.626. The Kier molecular flexibility index (Phi) is 3.02. The molecule has 2 aliphatic rings. The third-order valence-corrected chi connectivity index (χ3v) is 4.26. The van der Waals surface area contributed by atoms with Gasteiger partial charge in [0.05, 0.1) is 6.07 Å². The van der Waals surface area contributed by atoms with Crippen molar-refractivity contribution in [2.24, 2.45) is 5.41 Å². The molecule has 19 heavy (non-hydrogen) atoms. The van der Waals surface area contributed by atoms with Crippen molar-refractivity contribution in [3.8, 4) is 6.07 Å². The number of amides is 1. The van der Waals surface area contributed by atoms with Gasteiger partial charge in [-0.05, 0) is 55.2 Å². The van der Waals surface area contributed by atoms with E-state index in [0.29, 0.717) is 19.4 Å². The largest absolute Gasteiger partial charge is 0.354 e. The number of nitrogens with zero attached hydrogens (tertiary/aromatic N) is 1. The molecule has 3 heteroatoms. The van der Waals surface area contributed by atoms with Crippen LogP contribution in [0.25, 0.3) is 0 Å². The Balaban J connectivity index is 1.53. The van der Waals surface area contributed by atoms with Gasteiger partial charge in [-0.2, -0.15) is 5.26 Å². The second kappa shape index (κ2) is 4.70. The van der Waals surface area contributed by atoms with E-state index in [-0.39, 0.29) is 5.91 Å². The van der Waals surface area contributed by atoms with Gasteiger partial charge in [0.25, 0.3) is 0 Å². The monoisotopic (exact) mass is 254 g/mol. The summed E-state index contributed by atoms with van der Waals surface area (Å²) in [6.07, 6.45) is 5.94. The lowest BCUT2D eigenvalue weighted by Gasteiger charge is -2.09. The molecular weight excluding hydrogens is 236 g/mol. The first kappa shape index (κ1) is 12.2. The third kappa shape index (κ3) is 2.35. The van der Waals surface area contributed by atoms with Crippen molar-refractivity contribution in [3.63, 3.8) is 0 Å². The van der Waals surface area contributed by atoms with Crippen molar-refractivity contribution in [2.45, 2.75) is 38.5 Å². The van der Waals surface area contributed by atoms with Crippen LogP contribution in [0.4, 0.5) is 0 Å². The van der Waals surface area contributed by atoms with Gasteiger partial charge in [-0.3, -0.25) is 4.79 Å². The van der Waals surface area contributed by atoms with Crippen LogP contribution in [0.2, 0.25) is 0 Å². The van der Waals surface area contributed by atoms with Crippen LogP contribution in [0.1, 0.15) is 36.0 Å². The highest BCUT2D eigenvalue weighted by molar-refractivity contribution is 5.88. The van der Waals surface area contributed by atoms with Crippen molar-refractivity contribution in [1.29, 1.82) is 5.26 Å². The molecule has 0 saturated heterocycles. The molecule has 1 fully saturated rings. The average molecular weight is 254 g/mol. The Morgan fingerprint density at radius 1 is 1.32 bits per heavy atom. The number of nitrogens with one attached hydrogen (secondary N) is 1. The summed E-state index contributed by atoms with van der Waals surface area (Å²) >= 11 is 0. The van der Waals surface area contributed by atoms with Crippen LogP contribution < -0.4 is 5.32 Å². The van der Waals surface area contributed by atoms with Gasteiger partial charge in [-0.15, -0.1) is 0 Å². The van der Waals surface area contributed by atoms with Crippen molar-refractivity contribution in [3.05, 3.63) is 34.9 Å². The molecule has 0 aliphatic heterocycles. The SMILES string of the molecule is N#CC1(C(=O)NCCc2ccc3c(c2)CCC3)CC1. The van der Waals surface area contributed by atoms with Gasteiger partial charge >= 0.3 is 0 Å². The van der Waals surface area contributed by atoms with E-state index in [2.05, 4.69) is 29.6 Å². The summed E-state index contributed by atoms with van der Waals surface area (Å²) in [5.74, 6) is -0.0869. The Labute approximate surface area is 113 Å². The maximum absolute atomic E-state index is 11.8. The highest BCUT2D eigenvalue weighted by Gasteiger charge is 2.50. The molecular formula is C16H18N2O. The Morgan fingerprint density at radius 3 is 2.84 bits per heavy atom. The molecule has 1 amide bonds. The summed E-state index contributed by atoms with van der Waals surface area (Å²) in [7, 11) is 0. The maximum Gasteiger partial charge on any atom is 0.240 e. The fourth-order valence-corrected chi connectivity index (χ4v) is 2.78. The maximum atomic E-state index is 11.8. The van der Waals surface area contributed by atoms with Gasteiger partial charge in [-0.25, -0.2) is 0 Å². The number of carbonyl (C=O) groups is 1. The first-order valence-corrected chi connectivity index (χ1v) is 7.04. The molecule has 98 valence electrons. The zero-order valence-electron chi connectivity index (χ0n) is 11.0. The highest BCUT2D eigenvalue weighted by atomic mass is 16.2. The number of rotatable bonds is 4. The predicted molar refractivity (Wildman–Crippen MR) is 72.5 cm³/mol. The second-order valence-electron chi connectivity index (χ2n) is 5.66. The van der Waals surface area contributed by atoms with Gasteiger partial charge in [0.1, 0.15) is 5.41 Å². The topological polar surface area (TPSA) is 52.9 Å². The van der Waals surface area contributed by atoms with E-state index in [4.69, 9.17) is 5.26 Å². The summed E-state index contributed by atoms with van der Waals surface area (Å²) < 4.78 is 0. The fourth-order valence-electron chi connectivity index (χ4n) is 2.78. The lowest BCUT2D eigenvalue weighted by molar-refractivity contribution is -0.124. The van der Waals surface area contributed by atoms with Crippen LogP contribution >= 0.6 is 0 Å². The smallest absolute Gasteiger partial charge is 0.240 e. The number of aryl methyl sites for hydroxylation is 2. The van der Waals surface area contributed by atoms with Crippen LogP contribution in [0.15, 0.2) is 18.2 Å². The Hall–Kier alpha value is -1.82. The van der Waals surface area contributed by atoms with Crippen LogP contribution in [0.5, 0.6) is 0 Å². The first-order valence-electron chi connectivity index (χ1n) is 7.04. The van der Waals surface area contributed by atoms with Crippen molar-refractivity contribution < 1.29 is 4.79 Å². The van der Waals surface area contributed by atoms with E-state index in [1.165, 1.54) is 36.0 Å². The van der Waals surface area contributed by atoms with E-state index < -0.39 is 5.41 Å². The zero-order valence-corrected chi connectivity index (χ0v) is 11.0. The minimum atomic E-state index is -0.696. The summed E-state index contributed by atoms with van der Waals surface area (Å²) in [5, 5.41) is 11.8. The normalized spacial score (nSPS) is 18.5. The summed E-state index contributed by atoms with van der Waals surface area (Å²) in [4.78, 5) is 11.8. The molecule has 0 aromatic heterocycles. The third-order valence-electron chi connectivity index (χ3n) is 4.26. The molecule has 1 N–H and O–H groups in total. The van der Waals surface area contributed by atoms with Gasteiger partial charge in [0, 0.05) is 6.54 Å². The first-order chi connectivity index (χ1) is 9.23. The van der Waals surface area contributed by atoms with E-state index >= 15 is 0 Å². The molecule has 2 aliphatic carbocycles. The molecule has 0 bridgehead atoms. The number of nitriles is 1. The van der Waals surface area contributed by atoms with E-state index in [1.807, 2.05) is 0 Å². The number of hydrogen-bond acceptors (Lipinski definition) is 2. The van der Waals surface area contributed by atoms with Crippen molar-refractivity contribution >= 4 is 5.91 Å². The van der Waals surface area contributed by atoms with Gasteiger partial charge in [-0.1, -0.05) is 18.2 Å². The molecule has 1 aromatic rings. The molecule has 1 saturated carbocycles. The molecule has 0 atom stereocenters. The molecule has 0 unspecified atom stereocenters. The van der Waals surface area contributed by atoms with Gasteiger partial charge < -0.3 is 5.32 Å². The fraction of sp³-hybridized carbons (Fsp3) is 0.500. The lowest BCUT2D eigenvalue weighted by atomic mass is 10.0. The minimum absolute atomic E-state index is 0.0869. The summed E-state index contributed by atoms with van der Waals surface area (Å²) in [5.41, 5.74) is 3.54. The number of hydrogen-bond donors (Lipinski definition) is 1. The summed E-state index contributed by atoms with van der Waals surface area (Å²) in [6, 6.07) is 8.77. The van der Waals surface area contributed by atoms with Gasteiger partial charge in [0.15, 0.2) is 0 Å². The van der Waals surface area contributed by atoms with Crippen molar-refractivity contribution in [2.75, 3.05) is 6.54 Å². The van der Waals surface area contributed by atoms with E-state index in [9.17, 15) is 4.79 Å². The molecule has 0 heterocycles. The highest BCUT2D eigenvalue weighted by Crippen LogP contribution is 2.44. The number of benzene rings is 1. The molecule has 1 aromatic carbocycles. The molecule has 3 nitrogen and oxygen atoms in total. The van der Waals surface area contributed by atoms with E-state index in [1.54, 1.807) is 0 Å². The molecule has 0 spiro atoms. The Bertz CT molecular complexity index is 552. The Morgan fingerprint density at radius 2 is 2.11 bits per heavy atom. The predicted octanol–water partition coefficient (Wildman–Crippen LogP) is 2.14. The van der Waals surface area contributed by atoms with Crippen LogP contribution in [0, 0.1) is 16.7 Å². The standard InChI is InChI=1S/C16H18N2O/c17-11-16(7-8-16)15(19)18-9-6-12-4-5-13-2-1-3-14(13)10-12/h4-5,10H,1-3,6-9H2,(H,18,19). The average Bonchev–Trinajstić information content (AvgIpc) is 3.10. The van der Waals surface area contributed by atoms with Gasteiger partial charge in [0.2, 0.25) is 5.91 Å². The number of fused-ring (bicyclic) bond motifs is 1. The minimum Gasteiger partial charge on any atom is -0.354 e. The lowest BCUT2D eigenvalue weighted by Crippen LogP contribution is -2.32. The zero-order chi connectivity index (χ0) is 13.3. The van der Waals surface area contributed by atoms with E-state index in [0.717, 1.165) is 6.42 Å². The van der Waals surface area contributed by atoms with Crippen LogP contribution in [0.3, 0.4) is 0 Å². The number of carbonyl (C=O) groups excluding carboxylic acids is 1. The van der Waals surface area contributed by atoms with Crippen molar-refractivity contribution in [1.82, 2.24) is 5.32 Å².